The van der Waals surface area contributed by atoms with Crippen molar-refractivity contribution in [2.75, 3.05) is 18.0 Å². The standard InChI is InChI=1S/C21H21N3O4S2/c1-16-12-13-29-20(16)14-22-23-21(25)15-24(17-6-4-3-5-7-17)30(26,27)19-10-8-18(28-2)9-11-19/h3-14H,15H2,1-2H3,(H,23,25)/b22-14-. The van der Waals surface area contributed by atoms with Crippen molar-refractivity contribution in [1.29, 1.82) is 0 Å². The molecule has 7 nitrogen and oxygen atoms in total. The number of nitrogens with zero attached hydrogens (tertiary/aromatic N) is 2. The van der Waals surface area contributed by atoms with Crippen LogP contribution in [0.15, 0.2) is 76.0 Å². The van der Waals surface area contributed by atoms with Gasteiger partial charge in [-0.2, -0.15) is 5.10 Å². The highest BCUT2D eigenvalue weighted by Gasteiger charge is 2.27. The number of ether oxygens (including phenoxy) is 1. The minimum Gasteiger partial charge on any atom is -0.497 e. The quantitative estimate of drug-likeness (QED) is 0.427. The highest BCUT2D eigenvalue weighted by Crippen LogP contribution is 2.24. The molecule has 1 heterocycles. The molecule has 156 valence electrons. The molecule has 0 aliphatic carbocycles. The fourth-order valence-electron chi connectivity index (χ4n) is 2.63. The van der Waals surface area contributed by atoms with Crippen molar-refractivity contribution in [3.63, 3.8) is 0 Å². The Morgan fingerprint density at radius 3 is 2.43 bits per heavy atom. The first-order valence-corrected chi connectivity index (χ1v) is 11.3. The third-order valence-electron chi connectivity index (χ3n) is 4.25. The Bertz CT molecular complexity index is 1120. The predicted octanol–water partition coefficient (Wildman–Crippen LogP) is 3.41. The molecule has 0 saturated heterocycles. The number of para-hydroxylation sites is 1. The van der Waals surface area contributed by atoms with Crippen molar-refractivity contribution in [2.45, 2.75) is 11.8 Å². The van der Waals surface area contributed by atoms with E-state index in [0.717, 1.165) is 14.7 Å². The normalized spacial score (nSPS) is 11.4. The van der Waals surface area contributed by atoms with Gasteiger partial charge in [-0.1, -0.05) is 18.2 Å². The number of sulfonamides is 1. The van der Waals surface area contributed by atoms with Crippen molar-refractivity contribution in [1.82, 2.24) is 5.43 Å². The third-order valence-corrected chi connectivity index (χ3v) is 6.99. The first kappa shape index (κ1) is 21.5. The fraction of sp³-hybridized carbons (Fsp3) is 0.143. The second kappa shape index (κ2) is 9.55. The molecule has 0 fully saturated rings. The second-order valence-electron chi connectivity index (χ2n) is 6.28. The molecule has 1 N–H and O–H groups in total. The smallest absolute Gasteiger partial charge is 0.264 e. The number of carbonyl (C=O) groups is 1. The van der Waals surface area contributed by atoms with E-state index in [2.05, 4.69) is 10.5 Å². The molecule has 0 radical (unpaired) electrons. The van der Waals surface area contributed by atoms with E-state index in [1.54, 1.807) is 48.7 Å². The van der Waals surface area contributed by atoms with Crippen molar-refractivity contribution >= 4 is 39.2 Å². The van der Waals surface area contributed by atoms with E-state index < -0.39 is 22.5 Å². The molecule has 0 saturated carbocycles. The van der Waals surface area contributed by atoms with Crippen LogP contribution in [0.3, 0.4) is 0 Å². The van der Waals surface area contributed by atoms with Crippen LogP contribution >= 0.6 is 11.3 Å². The van der Waals surface area contributed by atoms with E-state index in [1.807, 2.05) is 18.4 Å². The topological polar surface area (TPSA) is 88.1 Å². The number of hydrazone groups is 1. The molecule has 3 aromatic rings. The molecule has 9 heteroatoms. The molecular weight excluding hydrogens is 422 g/mol. The minimum atomic E-state index is -3.98. The maximum Gasteiger partial charge on any atom is 0.264 e. The first-order chi connectivity index (χ1) is 14.4. The van der Waals surface area contributed by atoms with Gasteiger partial charge in [0.05, 0.1) is 23.9 Å². The van der Waals surface area contributed by atoms with Crippen LogP contribution in [0.5, 0.6) is 5.75 Å². The summed E-state index contributed by atoms with van der Waals surface area (Å²) in [6.45, 7) is 1.53. The van der Waals surface area contributed by atoms with Crippen LogP contribution in [0.4, 0.5) is 5.69 Å². The van der Waals surface area contributed by atoms with E-state index in [4.69, 9.17) is 4.74 Å². The Morgan fingerprint density at radius 2 is 1.83 bits per heavy atom. The summed E-state index contributed by atoms with van der Waals surface area (Å²) in [6.07, 6.45) is 1.54. The maximum atomic E-state index is 13.2. The van der Waals surface area contributed by atoms with Gasteiger partial charge in [0.15, 0.2) is 0 Å². The van der Waals surface area contributed by atoms with Gasteiger partial charge in [-0.25, -0.2) is 13.8 Å². The summed E-state index contributed by atoms with van der Waals surface area (Å²) >= 11 is 1.50. The zero-order valence-corrected chi connectivity index (χ0v) is 18.1. The van der Waals surface area contributed by atoms with Crippen LogP contribution in [0.2, 0.25) is 0 Å². The number of aryl methyl sites for hydroxylation is 1. The van der Waals surface area contributed by atoms with Crippen molar-refractivity contribution in [3.05, 3.63) is 76.5 Å². The van der Waals surface area contributed by atoms with Crippen molar-refractivity contribution < 1.29 is 17.9 Å². The van der Waals surface area contributed by atoms with E-state index in [0.29, 0.717) is 11.4 Å². The van der Waals surface area contributed by atoms with Gasteiger partial charge in [-0.15, -0.1) is 11.3 Å². The van der Waals surface area contributed by atoms with E-state index in [-0.39, 0.29) is 4.90 Å². The lowest BCUT2D eigenvalue weighted by atomic mass is 10.3. The Balaban J connectivity index is 1.83. The van der Waals surface area contributed by atoms with Crippen LogP contribution < -0.4 is 14.5 Å². The Hall–Kier alpha value is -3.17. The largest absolute Gasteiger partial charge is 0.497 e. The number of nitrogens with one attached hydrogen (secondary N) is 1. The molecule has 0 aliphatic heterocycles. The molecule has 0 aliphatic rings. The number of thiophene rings is 1. The van der Waals surface area contributed by atoms with Crippen LogP contribution in [0, 0.1) is 6.92 Å². The van der Waals surface area contributed by atoms with Crippen molar-refractivity contribution in [3.8, 4) is 5.75 Å². The number of hydrogen-bond acceptors (Lipinski definition) is 6. The molecule has 3 rings (SSSR count). The summed E-state index contributed by atoms with van der Waals surface area (Å²) < 4.78 is 32.6. The SMILES string of the molecule is COc1ccc(S(=O)(=O)N(CC(=O)N/N=C\c2sccc2C)c2ccccc2)cc1. The number of amides is 1. The van der Waals surface area contributed by atoms with Gasteiger partial charge in [0.1, 0.15) is 12.3 Å². The number of carbonyl (C=O) groups excluding carboxylic acids is 1. The Morgan fingerprint density at radius 1 is 1.13 bits per heavy atom. The molecule has 0 unspecified atom stereocenters. The van der Waals surface area contributed by atoms with Crippen LogP contribution in [-0.2, 0) is 14.8 Å². The minimum absolute atomic E-state index is 0.0534. The van der Waals surface area contributed by atoms with E-state index in [9.17, 15) is 13.2 Å². The summed E-state index contributed by atoms with van der Waals surface area (Å²) in [6, 6.07) is 16.4. The highest BCUT2D eigenvalue weighted by atomic mass is 32.2. The molecule has 0 bridgehead atoms. The lowest BCUT2D eigenvalue weighted by molar-refractivity contribution is -0.119. The predicted molar refractivity (Wildman–Crippen MR) is 119 cm³/mol. The summed E-state index contributed by atoms with van der Waals surface area (Å²) in [7, 11) is -2.48. The number of methoxy groups -OCH3 is 1. The fourth-order valence-corrected chi connectivity index (χ4v) is 4.84. The average molecular weight is 444 g/mol. The van der Waals surface area contributed by atoms with Gasteiger partial charge in [-0.05, 0) is 60.3 Å². The highest BCUT2D eigenvalue weighted by molar-refractivity contribution is 7.92. The summed E-state index contributed by atoms with van der Waals surface area (Å²) in [5.74, 6) is -0.0161. The van der Waals surface area contributed by atoms with Gasteiger partial charge < -0.3 is 4.74 Å². The number of hydrogen-bond donors (Lipinski definition) is 1. The number of benzene rings is 2. The zero-order valence-electron chi connectivity index (χ0n) is 16.5. The lowest BCUT2D eigenvalue weighted by Crippen LogP contribution is -2.39. The van der Waals surface area contributed by atoms with E-state index >= 15 is 0 Å². The average Bonchev–Trinajstić information content (AvgIpc) is 3.17. The molecule has 2 aromatic carbocycles. The third kappa shape index (κ3) is 5.05. The Kier molecular flexibility index (Phi) is 6.86. The van der Waals surface area contributed by atoms with Gasteiger partial charge in [-0.3, -0.25) is 9.10 Å². The monoisotopic (exact) mass is 443 g/mol. The van der Waals surface area contributed by atoms with Gasteiger partial charge >= 0.3 is 0 Å². The van der Waals surface area contributed by atoms with Gasteiger partial charge in [0.25, 0.3) is 15.9 Å². The summed E-state index contributed by atoms with van der Waals surface area (Å²) in [5, 5.41) is 5.87. The molecule has 1 amide bonds. The summed E-state index contributed by atoms with van der Waals surface area (Å²) in [4.78, 5) is 13.4. The molecule has 0 spiro atoms. The number of rotatable bonds is 8. The second-order valence-corrected chi connectivity index (χ2v) is 9.09. The van der Waals surface area contributed by atoms with Crippen LogP contribution in [0.25, 0.3) is 0 Å². The van der Waals surface area contributed by atoms with E-state index in [1.165, 1.54) is 30.6 Å². The lowest BCUT2D eigenvalue weighted by Gasteiger charge is -2.23. The van der Waals surface area contributed by atoms with Gasteiger partial charge in [0, 0.05) is 4.88 Å². The summed E-state index contributed by atoms with van der Waals surface area (Å²) in [5.41, 5.74) is 3.82. The molecular formula is C21H21N3O4S2. The Labute approximate surface area is 179 Å². The van der Waals surface area contributed by atoms with Crippen molar-refractivity contribution in [2.24, 2.45) is 5.10 Å². The van der Waals surface area contributed by atoms with Gasteiger partial charge in [0.2, 0.25) is 0 Å². The zero-order chi connectivity index (χ0) is 21.6. The maximum absolute atomic E-state index is 13.2. The first-order valence-electron chi connectivity index (χ1n) is 8.99. The van der Waals surface area contributed by atoms with Crippen LogP contribution in [-0.4, -0.2) is 34.2 Å². The number of anilines is 1. The van der Waals surface area contributed by atoms with Crippen LogP contribution in [0.1, 0.15) is 10.4 Å². The molecule has 1 aromatic heterocycles. The molecule has 0 atom stereocenters. The molecule has 30 heavy (non-hydrogen) atoms.